The van der Waals surface area contributed by atoms with Crippen LogP contribution in [0.15, 0.2) is 34.5 Å². The molecule has 0 fully saturated rings. The first-order valence-corrected chi connectivity index (χ1v) is 3.37. The van der Waals surface area contributed by atoms with Crippen LogP contribution in [0.4, 0.5) is 5.69 Å². The standard InChI is InChI=1S/C7H8N2O.CH4O.Cu/c1-8-9-6-4-2-3-5-7(6)10;1-2;/h2-5,10H,1H3;2H,1H3;. The van der Waals surface area contributed by atoms with Crippen molar-refractivity contribution in [2.75, 3.05) is 14.2 Å². The summed E-state index contributed by atoms with van der Waals surface area (Å²) in [6.07, 6.45) is 0. The van der Waals surface area contributed by atoms with E-state index >= 15 is 0 Å². The largest absolute Gasteiger partial charge is 0.506 e. The number of aliphatic hydroxyl groups is 1. The molecular weight excluding hydrogens is 220 g/mol. The molecule has 1 rings (SSSR count). The minimum Gasteiger partial charge on any atom is -0.506 e. The normalized spacial score (nSPS) is 8.54. The van der Waals surface area contributed by atoms with Crippen LogP contribution < -0.4 is 0 Å². The van der Waals surface area contributed by atoms with Gasteiger partial charge in [0.2, 0.25) is 0 Å². The Balaban J connectivity index is 0. The third-order valence-electron chi connectivity index (χ3n) is 1.09. The van der Waals surface area contributed by atoms with Crippen LogP contribution in [0.5, 0.6) is 5.75 Å². The van der Waals surface area contributed by atoms with Crippen molar-refractivity contribution in [3.63, 3.8) is 0 Å². The van der Waals surface area contributed by atoms with Crippen LogP contribution in [0.1, 0.15) is 0 Å². The van der Waals surface area contributed by atoms with E-state index in [0.29, 0.717) is 5.69 Å². The number of aromatic hydroxyl groups is 1. The first kappa shape index (κ1) is 14.6. The van der Waals surface area contributed by atoms with Gasteiger partial charge in [0.25, 0.3) is 0 Å². The van der Waals surface area contributed by atoms with Crippen molar-refractivity contribution >= 4 is 5.69 Å². The van der Waals surface area contributed by atoms with Gasteiger partial charge in [-0.3, -0.25) is 0 Å². The molecule has 77 valence electrons. The maximum atomic E-state index is 9.09. The average Bonchev–Trinajstić information content (AvgIpc) is 2.13. The number of nitrogens with zero attached hydrogens (tertiary/aromatic N) is 2. The third-order valence-corrected chi connectivity index (χ3v) is 1.09. The van der Waals surface area contributed by atoms with E-state index < -0.39 is 0 Å². The molecule has 0 aliphatic heterocycles. The summed E-state index contributed by atoms with van der Waals surface area (Å²) in [7, 11) is 2.56. The summed E-state index contributed by atoms with van der Waals surface area (Å²) in [5.41, 5.74) is 0.505. The minimum absolute atomic E-state index is 0. The summed E-state index contributed by atoms with van der Waals surface area (Å²) >= 11 is 0. The number of para-hydroxylation sites is 1. The second kappa shape index (κ2) is 9.19. The quantitative estimate of drug-likeness (QED) is 0.571. The average molecular weight is 232 g/mol. The molecule has 0 aromatic heterocycles. The number of phenolic OH excluding ortho intramolecular Hbond substituents is 1. The Morgan fingerprint density at radius 2 is 1.69 bits per heavy atom. The Bertz CT molecular complexity index is 254. The molecule has 0 saturated carbocycles. The molecule has 1 aromatic carbocycles. The van der Waals surface area contributed by atoms with E-state index in [1.165, 1.54) is 0 Å². The zero-order valence-corrected chi connectivity index (χ0v) is 8.34. The van der Waals surface area contributed by atoms with Gasteiger partial charge in [0.15, 0.2) is 0 Å². The monoisotopic (exact) mass is 231 g/mol. The summed E-state index contributed by atoms with van der Waals surface area (Å²) in [6, 6.07) is 6.81. The number of hydrogen-bond acceptors (Lipinski definition) is 4. The Morgan fingerprint density at radius 1 is 1.15 bits per heavy atom. The number of aliphatic hydroxyl groups excluding tert-OH is 1. The van der Waals surface area contributed by atoms with Gasteiger partial charge in [0.1, 0.15) is 11.4 Å². The fourth-order valence-corrected chi connectivity index (χ4v) is 0.656. The van der Waals surface area contributed by atoms with Crippen LogP contribution in [-0.2, 0) is 17.1 Å². The predicted octanol–water partition coefficient (Wildman–Crippen LogP) is 1.71. The van der Waals surface area contributed by atoms with E-state index in [0.717, 1.165) is 7.11 Å². The van der Waals surface area contributed by atoms with Crippen molar-refractivity contribution in [2.24, 2.45) is 10.2 Å². The van der Waals surface area contributed by atoms with E-state index in [1.807, 2.05) is 0 Å². The molecule has 0 unspecified atom stereocenters. The molecule has 0 aliphatic rings. The molecule has 0 heterocycles. The van der Waals surface area contributed by atoms with E-state index in [2.05, 4.69) is 10.2 Å². The number of phenols is 1. The summed E-state index contributed by atoms with van der Waals surface area (Å²) in [6.45, 7) is 0. The van der Waals surface area contributed by atoms with Crippen LogP contribution in [0, 0.1) is 0 Å². The molecule has 2 N–H and O–H groups in total. The van der Waals surface area contributed by atoms with Crippen molar-refractivity contribution in [1.82, 2.24) is 0 Å². The van der Waals surface area contributed by atoms with Crippen LogP contribution in [0.25, 0.3) is 0 Å². The minimum atomic E-state index is 0. The van der Waals surface area contributed by atoms with Gasteiger partial charge >= 0.3 is 0 Å². The Labute approximate surface area is 87.8 Å². The van der Waals surface area contributed by atoms with Crippen molar-refractivity contribution in [1.29, 1.82) is 0 Å². The molecular formula is C8H12CuN2O2. The Morgan fingerprint density at radius 3 is 2.15 bits per heavy atom. The van der Waals surface area contributed by atoms with Crippen molar-refractivity contribution < 1.29 is 27.3 Å². The summed E-state index contributed by atoms with van der Waals surface area (Å²) in [5.74, 6) is 0.160. The van der Waals surface area contributed by atoms with Crippen molar-refractivity contribution in [3.05, 3.63) is 24.3 Å². The fourth-order valence-electron chi connectivity index (χ4n) is 0.656. The number of azo groups is 1. The number of hydrogen-bond donors (Lipinski definition) is 2. The SMILES string of the molecule is CN=Nc1ccccc1O.CO.[Cu]. The molecule has 1 aromatic rings. The smallest absolute Gasteiger partial charge is 0.143 e. The molecule has 1 radical (unpaired) electrons. The van der Waals surface area contributed by atoms with Gasteiger partial charge < -0.3 is 10.2 Å². The van der Waals surface area contributed by atoms with Crippen LogP contribution >= 0.6 is 0 Å². The predicted molar refractivity (Wildman–Crippen MR) is 46.7 cm³/mol. The van der Waals surface area contributed by atoms with E-state index in [1.54, 1.807) is 31.3 Å². The zero-order valence-electron chi connectivity index (χ0n) is 7.40. The van der Waals surface area contributed by atoms with E-state index in [4.69, 9.17) is 10.2 Å². The maximum absolute atomic E-state index is 9.09. The number of rotatable bonds is 1. The Kier molecular flexibility index (Phi) is 10.3. The molecule has 0 atom stereocenters. The molecule has 0 saturated heterocycles. The van der Waals surface area contributed by atoms with Gasteiger partial charge in [-0.25, -0.2) is 0 Å². The first-order valence-electron chi connectivity index (χ1n) is 3.37. The maximum Gasteiger partial charge on any atom is 0.143 e. The molecule has 13 heavy (non-hydrogen) atoms. The van der Waals surface area contributed by atoms with Crippen LogP contribution in [0.2, 0.25) is 0 Å². The Hall–Kier alpha value is -0.901. The first-order chi connectivity index (χ1) is 5.84. The second-order valence-corrected chi connectivity index (χ2v) is 1.79. The second-order valence-electron chi connectivity index (χ2n) is 1.79. The molecule has 0 bridgehead atoms. The number of benzene rings is 1. The van der Waals surface area contributed by atoms with Crippen LogP contribution in [-0.4, -0.2) is 24.4 Å². The zero-order chi connectivity index (χ0) is 9.40. The van der Waals surface area contributed by atoms with Crippen molar-refractivity contribution in [3.8, 4) is 5.75 Å². The summed E-state index contributed by atoms with van der Waals surface area (Å²) in [4.78, 5) is 0. The van der Waals surface area contributed by atoms with Crippen LogP contribution in [0.3, 0.4) is 0 Å². The van der Waals surface area contributed by atoms with E-state index in [9.17, 15) is 0 Å². The molecule has 0 amide bonds. The summed E-state index contributed by atoms with van der Waals surface area (Å²) in [5, 5.41) is 23.3. The third kappa shape index (κ3) is 5.36. The van der Waals surface area contributed by atoms with Gasteiger partial charge in [0.05, 0.1) is 0 Å². The molecule has 4 nitrogen and oxygen atoms in total. The van der Waals surface area contributed by atoms with Crippen molar-refractivity contribution in [2.45, 2.75) is 0 Å². The van der Waals surface area contributed by atoms with Gasteiger partial charge in [-0.15, -0.1) is 0 Å². The summed E-state index contributed by atoms with van der Waals surface area (Å²) < 4.78 is 0. The van der Waals surface area contributed by atoms with Gasteiger partial charge in [-0.05, 0) is 12.1 Å². The van der Waals surface area contributed by atoms with Gasteiger partial charge in [-0.1, -0.05) is 12.1 Å². The molecule has 5 heteroatoms. The topological polar surface area (TPSA) is 65.2 Å². The molecule has 0 spiro atoms. The molecule has 0 aliphatic carbocycles. The van der Waals surface area contributed by atoms with E-state index in [-0.39, 0.29) is 22.8 Å². The fraction of sp³-hybridized carbons (Fsp3) is 0.250. The van der Waals surface area contributed by atoms with Gasteiger partial charge in [-0.2, -0.15) is 10.2 Å². The van der Waals surface area contributed by atoms with Gasteiger partial charge in [0, 0.05) is 31.2 Å².